The predicted molar refractivity (Wildman–Crippen MR) is 92.0 cm³/mol. The van der Waals surface area contributed by atoms with Crippen molar-refractivity contribution in [2.45, 2.75) is 17.7 Å². The molecule has 1 heterocycles. The highest BCUT2D eigenvalue weighted by Gasteiger charge is 2.16. The molecule has 1 amide bonds. The third kappa shape index (κ3) is 5.14. The van der Waals surface area contributed by atoms with E-state index in [9.17, 15) is 13.2 Å². The van der Waals surface area contributed by atoms with Crippen molar-refractivity contribution in [1.29, 1.82) is 0 Å². The molecule has 0 unspecified atom stereocenters. The molecule has 0 spiro atoms. The van der Waals surface area contributed by atoms with Crippen LogP contribution < -0.4 is 15.4 Å². The Hall–Kier alpha value is -1.74. The van der Waals surface area contributed by atoms with Gasteiger partial charge in [0, 0.05) is 12.2 Å². The van der Waals surface area contributed by atoms with Gasteiger partial charge in [-0.1, -0.05) is 31.2 Å². The number of amides is 1. The van der Waals surface area contributed by atoms with Crippen molar-refractivity contribution in [3.8, 4) is 0 Å². The molecule has 0 atom stereocenters. The fraction of sp³-hybridized carbons (Fsp3) is 0.267. The lowest BCUT2D eigenvalue weighted by Crippen LogP contribution is -2.32. The van der Waals surface area contributed by atoms with E-state index in [0.29, 0.717) is 12.2 Å². The zero-order valence-electron chi connectivity index (χ0n) is 12.7. The molecule has 2 rings (SSSR count). The predicted octanol–water partition coefficient (Wildman–Crippen LogP) is 1.77. The highest BCUT2D eigenvalue weighted by Crippen LogP contribution is 2.16. The summed E-state index contributed by atoms with van der Waals surface area (Å²) in [6.45, 7) is 3.15. The maximum absolute atomic E-state index is 12.0. The number of rotatable bonds is 8. The molecule has 0 fully saturated rings. The van der Waals surface area contributed by atoms with E-state index in [1.54, 1.807) is 17.5 Å². The van der Waals surface area contributed by atoms with Crippen molar-refractivity contribution in [2.75, 3.05) is 18.4 Å². The first-order valence-corrected chi connectivity index (χ1v) is 9.51. The van der Waals surface area contributed by atoms with Gasteiger partial charge in [-0.05, 0) is 29.6 Å². The Bertz CT molecular complexity index is 743. The van der Waals surface area contributed by atoms with Crippen molar-refractivity contribution >= 4 is 33.0 Å². The maximum atomic E-state index is 12.0. The van der Waals surface area contributed by atoms with Crippen molar-refractivity contribution in [1.82, 2.24) is 10.0 Å². The van der Waals surface area contributed by atoms with Gasteiger partial charge in [0.25, 0.3) is 10.0 Å². The maximum Gasteiger partial charge on any atom is 0.250 e. The Morgan fingerprint density at radius 2 is 1.96 bits per heavy atom. The number of sulfonamides is 1. The van der Waals surface area contributed by atoms with Crippen LogP contribution in [-0.4, -0.2) is 27.4 Å². The van der Waals surface area contributed by atoms with Crippen LogP contribution in [0.1, 0.15) is 12.5 Å². The smallest absolute Gasteiger partial charge is 0.250 e. The van der Waals surface area contributed by atoms with Crippen molar-refractivity contribution in [3.05, 3.63) is 47.3 Å². The zero-order chi connectivity index (χ0) is 16.7. The van der Waals surface area contributed by atoms with Crippen molar-refractivity contribution in [2.24, 2.45) is 0 Å². The van der Waals surface area contributed by atoms with Crippen LogP contribution in [0.25, 0.3) is 0 Å². The number of carbonyl (C=O) groups excluding carboxylic acids is 1. The molecular weight excluding hydrogens is 334 g/mol. The summed E-state index contributed by atoms with van der Waals surface area (Å²) in [5.41, 5.74) is 1.62. The first kappa shape index (κ1) is 17.6. The molecule has 1 aromatic heterocycles. The molecule has 0 saturated carbocycles. The minimum Gasteiger partial charge on any atom is -0.325 e. The Morgan fingerprint density at radius 1 is 1.17 bits per heavy atom. The minimum absolute atomic E-state index is 0.192. The lowest BCUT2D eigenvalue weighted by molar-refractivity contribution is -0.115. The molecule has 0 saturated heterocycles. The number of carbonyl (C=O) groups is 1. The molecule has 124 valence electrons. The van der Waals surface area contributed by atoms with Crippen LogP contribution in [-0.2, 0) is 21.4 Å². The molecule has 23 heavy (non-hydrogen) atoms. The highest BCUT2D eigenvalue weighted by atomic mass is 32.2. The number of hydrogen-bond donors (Lipinski definition) is 3. The van der Waals surface area contributed by atoms with Gasteiger partial charge in [-0.2, -0.15) is 0 Å². The number of hydrogen-bond acceptors (Lipinski definition) is 5. The van der Waals surface area contributed by atoms with Gasteiger partial charge in [-0.25, -0.2) is 13.1 Å². The van der Waals surface area contributed by atoms with E-state index in [1.807, 2.05) is 25.1 Å². The normalized spacial score (nSPS) is 11.3. The van der Waals surface area contributed by atoms with Gasteiger partial charge in [0.1, 0.15) is 4.21 Å². The van der Waals surface area contributed by atoms with Crippen LogP contribution in [0.5, 0.6) is 0 Å². The molecule has 0 aliphatic carbocycles. The summed E-state index contributed by atoms with van der Waals surface area (Å²) >= 11 is 1.11. The van der Waals surface area contributed by atoms with E-state index < -0.39 is 15.9 Å². The van der Waals surface area contributed by atoms with E-state index in [-0.39, 0.29) is 10.8 Å². The van der Waals surface area contributed by atoms with Crippen LogP contribution in [0.15, 0.2) is 46.0 Å². The summed E-state index contributed by atoms with van der Waals surface area (Å²) < 4.78 is 26.4. The summed E-state index contributed by atoms with van der Waals surface area (Å²) in [6, 6.07) is 10.6. The largest absolute Gasteiger partial charge is 0.325 e. The Morgan fingerprint density at radius 3 is 2.65 bits per heavy atom. The molecule has 0 aliphatic heterocycles. The fourth-order valence-corrected chi connectivity index (χ4v) is 3.92. The van der Waals surface area contributed by atoms with Crippen LogP contribution in [0.2, 0.25) is 0 Å². The third-order valence-corrected chi connectivity index (χ3v) is 5.84. The SMILES string of the molecule is CCNCc1ccccc1NC(=O)CNS(=O)(=O)c1cccs1. The van der Waals surface area contributed by atoms with Gasteiger partial charge in [-0.15, -0.1) is 11.3 Å². The number of benzene rings is 1. The number of thiophene rings is 1. The second-order valence-corrected chi connectivity index (χ2v) is 7.68. The van der Waals surface area contributed by atoms with E-state index >= 15 is 0 Å². The summed E-state index contributed by atoms with van der Waals surface area (Å²) in [5.74, 6) is -0.408. The molecule has 8 heteroatoms. The molecule has 2 aromatic rings. The average molecular weight is 353 g/mol. The van der Waals surface area contributed by atoms with Gasteiger partial charge in [0.2, 0.25) is 5.91 Å². The second kappa shape index (κ2) is 8.21. The van der Waals surface area contributed by atoms with Gasteiger partial charge in [0.05, 0.1) is 6.54 Å². The molecule has 6 nitrogen and oxygen atoms in total. The Kier molecular flexibility index (Phi) is 6.28. The first-order chi connectivity index (χ1) is 11.0. The summed E-state index contributed by atoms with van der Waals surface area (Å²) in [6.07, 6.45) is 0. The van der Waals surface area contributed by atoms with Gasteiger partial charge in [-0.3, -0.25) is 4.79 Å². The number of para-hydroxylation sites is 1. The summed E-state index contributed by atoms with van der Waals surface area (Å²) in [5, 5.41) is 7.60. The zero-order valence-corrected chi connectivity index (χ0v) is 14.3. The van der Waals surface area contributed by atoms with E-state index in [1.165, 1.54) is 6.07 Å². The second-order valence-electron chi connectivity index (χ2n) is 4.74. The molecule has 1 aromatic carbocycles. The molecule has 0 radical (unpaired) electrons. The fourth-order valence-electron chi connectivity index (χ4n) is 1.90. The van der Waals surface area contributed by atoms with Gasteiger partial charge < -0.3 is 10.6 Å². The Balaban J connectivity index is 1.95. The van der Waals surface area contributed by atoms with Crippen LogP contribution >= 0.6 is 11.3 Å². The number of anilines is 1. The molecule has 3 N–H and O–H groups in total. The lowest BCUT2D eigenvalue weighted by Gasteiger charge is -2.11. The molecule has 0 aliphatic rings. The Labute approximate surface area is 140 Å². The lowest BCUT2D eigenvalue weighted by atomic mass is 10.1. The monoisotopic (exact) mass is 353 g/mol. The average Bonchev–Trinajstić information content (AvgIpc) is 3.08. The third-order valence-electron chi connectivity index (χ3n) is 3.04. The first-order valence-electron chi connectivity index (χ1n) is 7.14. The summed E-state index contributed by atoms with van der Waals surface area (Å²) in [7, 11) is -3.63. The van der Waals surface area contributed by atoms with E-state index in [4.69, 9.17) is 0 Å². The minimum atomic E-state index is -3.63. The quantitative estimate of drug-likeness (QED) is 0.675. The topological polar surface area (TPSA) is 87.3 Å². The van der Waals surface area contributed by atoms with Crippen molar-refractivity contribution < 1.29 is 13.2 Å². The molecule has 0 bridgehead atoms. The number of nitrogens with one attached hydrogen (secondary N) is 3. The van der Waals surface area contributed by atoms with Crippen LogP contribution in [0, 0.1) is 0 Å². The van der Waals surface area contributed by atoms with E-state index in [0.717, 1.165) is 23.4 Å². The molecular formula is C15H19N3O3S2. The highest BCUT2D eigenvalue weighted by molar-refractivity contribution is 7.91. The van der Waals surface area contributed by atoms with Gasteiger partial charge in [0.15, 0.2) is 0 Å². The summed E-state index contributed by atoms with van der Waals surface area (Å²) in [4.78, 5) is 12.0. The van der Waals surface area contributed by atoms with Crippen molar-refractivity contribution in [3.63, 3.8) is 0 Å². The van der Waals surface area contributed by atoms with Crippen LogP contribution in [0.4, 0.5) is 5.69 Å². The van der Waals surface area contributed by atoms with Gasteiger partial charge >= 0.3 is 0 Å². The standard InChI is InChI=1S/C15H19N3O3S2/c1-2-16-10-12-6-3-4-7-13(12)18-14(19)11-17-23(20,21)15-8-5-9-22-15/h3-9,16-17H,2,10-11H2,1H3,(H,18,19). The van der Waals surface area contributed by atoms with Crippen LogP contribution in [0.3, 0.4) is 0 Å². The van der Waals surface area contributed by atoms with E-state index in [2.05, 4.69) is 15.4 Å².